The van der Waals surface area contributed by atoms with Gasteiger partial charge in [0.15, 0.2) is 0 Å². The molecular formula is C14H14F3N5O. The van der Waals surface area contributed by atoms with Crippen LogP contribution in [0.1, 0.15) is 35.9 Å². The summed E-state index contributed by atoms with van der Waals surface area (Å²) in [5.74, 6) is -0.884. The lowest BCUT2D eigenvalue weighted by Gasteiger charge is -2.07. The van der Waals surface area contributed by atoms with Crippen molar-refractivity contribution in [2.75, 3.05) is 5.32 Å². The maximum atomic E-state index is 12.4. The van der Waals surface area contributed by atoms with Crippen LogP contribution >= 0.6 is 0 Å². The highest BCUT2D eigenvalue weighted by atomic mass is 19.4. The summed E-state index contributed by atoms with van der Waals surface area (Å²) in [6.45, 7) is 4.06. The number of halogens is 3. The average molecular weight is 325 g/mol. The minimum absolute atomic E-state index is 0.0933. The van der Waals surface area contributed by atoms with Crippen molar-refractivity contribution in [3.8, 4) is 0 Å². The Bertz CT molecular complexity index is 668. The van der Waals surface area contributed by atoms with Crippen LogP contribution in [-0.4, -0.2) is 25.8 Å². The Morgan fingerprint density at radius 2 is 1.65 bits per heavy atom. The smallest absolute Gasteiger partial charge is 0.319 e. The van der Waals surface area contributed by atoms with E-state index in [1.807, 2.05) is 13.8 Å². The fraction of sp³-hybridized carbons (Fsp3) is 0.357. The molecule has 6 nitrogen and oxygen atoms in total. The van der Waals surface area contributed by atoms with Crippen molar-refractivity contribution in [1.82, 2.24) is 19.9 Å². The summed E-state index contributed by atoms with van der Waals surface area (Å²) in [4.78, 5) is 26.4. The van der Waals surface area contributed by atoms with Crippen molar-refractivity contribution in [3.05, 3.63) is 42.0 Å². The zero-order valence-corrected chi connectivity index (χ0v) is 12.4. The second-order valence-electron chi connectivity index (χ2n) is 5.23. The number of hydrogen-bond donors (Lipinski definition) is 1. The SMILES string of the molecule is CC(C)Cc1ncc(NC(=O)c2cnc(C(F)(F)F)nc2)cn1. The predicted molar refractivity (Wildman–Crippen MR) is 75.6 cm³/mol. The van der Waals surface area contributed by atoms with E-state index in [9.17, 15) is 18.0 Å². The molecule has 0 aliphatic carbocycles. The van der Waals surface area contributed by atoms with E-state index in [-0.39, 0.29) is 5.56 Å². The van der Waals surface area contributed by atoms with E-state index in [1.165, 1.54) is 12.4 Å². The van der Waals surface area contributed by atoms with Crippen LogP contribution in [-0.2, 0) is 12.6 Å². The van der Waals surface area contributed by atoms with Crippen molar-refractivity contribution in [2.24, 2.45) is 5.92 Å². The van der Waals surface area contributed by atoms with Gasteiger partial charge in [-0.1, -0.05) is 13.8 Å². The van der Waals surface area contributed by atoms with Crippen LogP contribution in [0, 0.1) is 5.92 Å². The van der Waals surface area contributed by atoms with Crippen LogP contribution < -0.4 is 5.32 Å². The first-order chi connectivity index (χ1) is 10.8. The first-order valence-corrected chi connectivity index (χ1v) is 6.77. The number of nitrogens with zero attached hydrogens (tertiary/aromatic N) is 4. The molecule has 1 N–H and O–H groups in total. The van der Waals surface area contributed by atoms with Gasteiger partial charge in [0.25, 0.3) is 5.91 Å². The molecule has 0 spiro atoms. The monoisotopic (exact) mass is 325 g/mol. The molecule has 2 aromatic rings. The van der Waals surface area contributed by atoms with Gasteiger partial charge in [-0.3, -0.25) is 4.79 Å². The minimum Gasteiger partial charge on any atom is -0.319 e. The molecule has 2 heterocycles. The van der Waals surface area contributed by atoms with Crippen LogP contribution in [0.15, 0.2) is 24.8 Å². The second kappa shape index (κ2) is 6.67. The standard InChI is InChI=1S/C14H14F3N5O/c1-8(2)3-11-18-6-10(7-19-11)22-12(23)9-4-20-13(21-5-9)14(15,16)17/h4-8H,3H2,1-2H3,(H,22,23). The average Bonchev–Trinajstić information content (AvgIpc) is 2.48. The Morgan fingerprint density at radius 1 is 1.09 bits per heavy atom. The molecular weight excluding hydrogens is 311 g/mol. The lowest BCUT2D eigenvalue weighted by atomic mass is 10.1. The van der Waals surface area contributed by atoms with Crippen molar-refractivity contribution in [3.63, 3.8) is 0 Å². The number of hydrogen-bond acceptors (Lipinski definition) is 5. The minimum atomic E-state index is -4.64. The third kappa shape index (κ3) is 4.70. The summed E-state index contributed by atoms with van der Waals surface area (Å²) < 4.78 is 37.1. The maximum absolute atomic E-state index is 12.4. The topological polar surface area (TPSA) is 80.7 Å². The molecule has 122 valence electrons. The number of rotatable bonds is 4. The van der Waals surface area contributed by atoms with Crippen molar-refractivity contribution >= 4 is 11.6 Å². The maximum Gasteiger partial charge on any atom is 0.451 e. The van der Waals surface area contributed by atoms with Gasteiger partial charge >= 0.3 is 6.18 Å². The van der Waals surface area contributed by atoms with Crippen LogP contribution in [0.4, 0.5) is 18.9 Å². The third-order valence-corrected chi connectivity index (χ3v) is 2.72. The lowest BCUT2D eigenvalue weighted by Crippen LogP contribution is -2.16. The second-order valence-corrected chi connectivity index (χ2v) is 5.23. The van der Waals surface area contributed by atoms with E-state index in [0.29, 0.717) is 23.9 Å². The van der Waals surface area contributed by atoms with Gasteiger partial charge in [-0.25, -0.2) is 19.9 Å². The Kier molecular flexibility index (Phi) is 4.87. The molecule has 0 aromatic carbocycles. The number of anilines is 1. The van der Waals surface area contributed by atoms with Crippen molar-refractivity contribution < 1.29 is 18.0 Å². The number of nitrogens with one attached hydrogen (secondary N) is 1. The van der Waals surface area contributed by atoms with E-state index in [0.717, 1.165) is 12.4 Å². The summed E-state index contributed by atoms with van der Waals surface area (Å²) in [6.07, 6.45) is 0.579. The van der Waals surface area contributed by atoms with E-state index in [2.05, 4.69) is 25.3 Å². The fourth-order valence-corrected chi connectivity index (χ4v) is 1.68. The number of carbonyl (C=O) groups is 1. The molecule has 2 aromatic heterocycles. The van der Waals surface area contributed by atoms with Gasteiger partial charge in [-0.05, 0) is 5.92 Å². The molecule has 0 aliphatic heterocycles. The summed E-state index contributed by atoms with van der Waals surface area (Å²) in [7, 11) is 0. The third-order valence-electron chi connectivity index (χ3n) is 2.72. The zero-order valence-electron chi connectivity index (χ0n) is 12.4. The van der Waals surface area contributed by atoms with Crippen LogP contribution in [0.5, 0.6) is 0 Å². The normalized spacial score (nSPS) is 11.6. The van der Waals surface area contributed by atoms with Gasteiger partial charge in [0.05, 0.1) is 23.6 Å². The molecule has 2 rings (SSSR count). The van der Waals surface area contributed by atoms with Gasteiger partial charge in [0.2, 0.25) is 5.82 Å². The molecule has 0 atom stereocenters. The van der Waals surface area contributed by atoms with Gasteiger partial charge in [0.1, 0.15) is 5.82 Å². The lowest BCUT2D eigenvalue weighted by molar-refractivity contribution is -0.145. The van der Waals surface area contributed by atoms with Crippen LogP contribution in [0.3, 0.4) is 0 Å². The van der Waals surface area contributed by atoms with Gasteiger partial charge in [0, 0.05) is 18.8 Å². The van der Waals surface area contributed by atoms with Gasteiger partial charge < -0.3 is 5.32 Å². The van der Waals surface area contributed by atoms with Crippen molar-refractivity contribution in [2.45, 2.75) is 26.4 Å². The largest absolute Gasteiger partial charge is 0.451 e. The molecule has 0 bridgehead atoms. The van der Waals surface area contributed by atoms with E-state index < -0.39 is 17.9 Å². The molecule has 0 fully saturated rings. The summed E-state index contributed by atoms with van der Waals surface area (Å²) in [5.41, 5.74) is 0.242. The van der Waals surface area contributed by atoms with Gasteiger partial charge in [-0.2, -0.15) is 13.2 Å². The zero-order chi connectivity index (χ0) is 17.0. The molecule has 23 heavy (non-hydrogen) atoms. The molecule has 1 amide bonds. The highest BCUT2D eigenvalue weighted by Crippen LogP contribution is 2.25. The van der Waals surface area contributed by atoms with Gasteiger partial charge in [-0.15, -0.1) is 0 Å². The fourth-order valence-electron chi connectivity index (χ4n) is 1.68. The summed E-state index contributed by atoms with van der Waals surface area (Å²) >= 11 is 0. The van der Waals surface area contributed by atoms with Crippen molar-refractivity contribution in [1.29, 1.82) is 0 Å². The predicted octanol–water partition coefficient (Wildman–Crippen LogP) is 2.74. The molecule has 0 radical (unpaired) electrons. The Hall–Kier alpha value is -2.58. The van der Waals surface area contributed by atoms with Crippen LogP contribution in [0.25, 0.3) is 0 Å². The van der Waals surface area contributed by atoms with E-state index in [1.54, 1.807) is 0 Å². The molecule has 9 heteroatoms. The van der Waals surface area contributed by atoms with E-state index in [4.69, 9.17) is 0 Å². The summed E-state index contributed by atoms with van der Waals surface area (Å²) in [6, 6.07) is 0. The molecule has 0 saturated carbocycles. The Balaban J connectivity index is 2.04. The Labute approximate surface area is 130 Å². The summed E-state index contributed by atoms with van der Waals surface area (Å²) in [5, 5.41) is 2.47. The first kappa shape index (κ1) is 16.8. The molecule has 0 saturated heterocycles. The molecule has 0 aliphatic rings. The number of amides is 1. The molecule has 0 unspecified atom stereocenters. The highest BCUT2D eigenvalue weighted by molar-refractivity contribution is 6.03. The highest BCUT2D eigenvalue weighted by Gasteiger charge is 2.34. The van der Waals surface area contributed by atoms with E-state index >= 15 is 0 Å². The van der Waals surface area contributed by atoms with Crippen LogP contribution in [0.2, 0.25) is 0 Å². The number of aromatic nitrogens is 4. The first-order valence-electron chi connectivity index (χ1n) is 6.77. The number of alkyl halides is 3. The number of carbonyl (C=O) groups excluding carboxylic acids is 1. The Morgan fingerprint density at radius 3 is 2.13 bits per heavy atom. The quantitative estimate of drug-likeness (QED) is 0.935.